The summed E-state index contributed by atoms with van der Waals surface area (Å²) in [5, 5.41) is 4.72. The summed E-state index contributed by atoms with van der Waals surface area (Å²) in [5.41, 5.74) is 12.5. The Morgan fingerprint density at radius 1 is 0.509 bits per heavy atom. The van der Waals surface area contributed by atoms with Crippen LogP contribution in [0.5, 0.6) is 0 Å². The van der Waals surface area contributed by atoms with E-state index < -0.39 is 0 Å². The number of nitrogens with zero attached hydrogens (tertiary/aromatic N) is 3. The molecular weight excluding hydrogens is 695 g/mol. The molecule has 0 spiro atoms. The fourth-order valence-corrected chi connectivity index (χ4v) is 8.82. The second kappa shape index (κ2) is 13.8. The molecule has 2 aliphatic carbocycles. The molecule has 2 atom stereocenters. The molecule has 0 bridgehead atoms. The van der Waals surface area contributed by atoms with Gasteiger partial charge in [0.15, 0.2) is 11.6 Å². The van der Waals surface area contributed by atoms with Crippen LogP contribution >= 0.6 is 0 Å². The van der Waals surface area contributed by atoms with Crippen LogP contribution in [0.3, 0.4) is 0 Å². The van der Waals surface area contributed by atoms with Gasteiger partial charge in [-0.05, 0) is 75.4 Å². The zero-order valence-electron chi connectivity index (χ0n) is 31.2. The van der Waals surface area contributed by atoms with E-state index in [4.69, 9.17) is 19.4 Å². The molecule has 0 fully saturated rings. The molecule has 0 saturated carbocycles. The third-order valence-corrected chi connectivity index (χ3v) is 11.6. The summed E-state index contributed by atoms with van der Waals surface area (Å²) in [4.78, 5) is 14.9. The van der Waals surface area contributed by atoms with Gasteiger partial charge in [0.1, 0.15) is 17.0 Å². The molecule has 2 aliphatic rings. The van der Waals surface area contributed by atoms with Gasteiger partial charge in [-0.3, -0.25) is 0 Å². The average Bonchev–Trinajstić information content (AvgIpc) is 3.68. The van der Waals surface area contributed by atoms with Gasteiger partial charge in [0.2, 0.25) is 0 Å². The molecule has 0 amide bonds. The summed E-state index contributed by atoms with van der Waals surface area (Å²) in [7, 11) is 0. The standard InChI is InChI=1S/C53H37N3O/c1-3-15-36(16-4-1)51-54-52(37-17-5-2-6-18-37)56-53(55-51)38-30-28-34(29-31-38)39-20-11-21-40(32-39)42-25-13-27-48-49(42)47-33-46(44-23-9-10-24-45(44)50(47)57-48)43-26-12-19-35-14-7-8-22-41(35)43/h1-25,27-30,32-33,38,43H,26,31H2. The number of aromatic nitrogens is 3. The molecule has 2 heterocycles. The lowest BCUT2D eigenvalue weighted by atomic mass is 9.80. The second-order valence-electron chi connectivity index (χ2n) is 15.0. The number of hydrogen-bond donors (Lipinski definition) is 0. The topological polar surface area (TPSA) is 51.8 Å². The van der Waals surface area contributed by atoms with Crippen LogP contribution in [0, 0.1) is 0 Å². The maximum atomic E-state index is 6.76. The Hall–Kier alpha value is -7.17. The van der Waals surface area contributed by atoms with E-state index in [1.807, 2.05) is 36.4 Å². The second-order valence-corrected chi connectivity index (χ2v) is 15.0. The third-order valence-electron chi connectivity index (χ3n) is 11.6. The molecule has 2 aromatic heterocycles. The van der Waals surface area contributed by atoms with Crippen molar-refractivity contribution in [3.8, 4) is 33.9 Å². The highest BCUT2D eigenvalue weighted by molar-refractivity contribution is 6.20. The Bertz CT molecular complexity index is 3020. The fourth-order valence-electron chi connectivity index (χ4n) is 8.82. The van der Waals surface area contributed by atoms with Crippen LogP contribution in [0.1, 0.15) is 52.8 Å². The third kappa shape index (κ3) is 5.89. The van der Waals surface area contributed by atoms with Crippen molar-refractivity contribution in [2.75, 3.05) is 0 Å². The lowest BCUT2D eigenvalue weighted by Crippen LogP contribution is -2.08. The zero-order chi connectivity index (χ0) is 37.7. The molecule has 57 heavy (non-hydrogen) atoms. The number of furan rings is 1. The predicted molar refractivity (Wildman–Crippen MR) is 234 cm³/mol. The lowest BCUT2D eigenvalue weighted by molar-refractivity contribution is 0.672. The van der Waals surface area contributed by atoms with E-state index in [-0.39, 0.29) is 11.8 Å². The number of hydrogen-bond acceptors (Lipinski definition) is 4. The van der Waals surface area contributed by atoms with Crippen molar-refractivity contribution in [1.82, 2.24) is 15.0 Å². The van der Waals surface area contributed by atoms with Crippen molar-refractivity contribution in [2.45, 2.75) is 24.7 Å². The van der Waals surface area contributed by atoms with Crippen molar-refractivity contribution >= 4 is 44.4 Å². The quantitative estimate of drug-likeness (QED) is 0.171. The van der Waals surface area contributed by atoms with Crippen molar-refractivity contribution in [2.24, 2.45) is 0 Å². The number of allylic oxidation sites excluding steroid dienone is 5. The van der Waals surface area contributed by atoms with Crippen LogP contribution in [0.15, 0.2) is 186 Å². The van der Waals surface area contributed by atoms with Gasteiger partial charge in [0.25, 0.3) is 0 Å². The molecule has 0 radical (unpaired) electrons. The zero-order valence-corrected chi connectivity index (χ0v) is 31.2. The van der Waals surface area contributed by atoms with Crippen LogP contribution in [0.2, 0.25) is 0 Å². The number of benzene rings is 7. The minimum absolute atomic E-state index is 0.0338. The van der Waals surface area contributed by atoms with E-state index in [1.165, 1.54) is 38.8 Å². The first-order valence-corrected chi connectivity index (χ1v) is 19.7. The van der Waals surface area contributed by atoms with Crippen LogP contribution in [0.4, 0.5) is 0 Å². The van der Waals surface area contributed by atoms with Crippen LogP contribution in [0.25, 0.3) is 78.3 Å². The Morgan fingerprint density at radius 3 is 1.96 bits per heavy atom. The first kappa shape index (κ1) is 33.2. The molecule has 2 unspecified atom stereocenters. The van der Waals surface area contributed by atoms with E-state index in [1.54, 1.807) is 0 Å². The first-order valence-electron chi connectivity index (χ1n) is 19.7. The van der Waals surface area contributed by atoms with Gasteiger partial charge in [-0.1, -0.05) is 170 Å². The summed E-state index contributed by atoms with van der Waals surface area (Å²) in [6.07, 6.45) is 13.1. The van der Waals surface area contributed by atoms with Gasteiger partial charge >= 0.3 is 0 Å². The number of rotatable bonds is 6. The Labute approximate surface area is 331 Å². The maximum absolute atomic E-state index is 6.76. The van der Waals surface area contributed by atoms with Crippen molar-refractivity contribution in [3.05, 3.63) is 210 Å². The normalized spacial score (nSPS) is 16.2. The number of fused-ring (bicyclic) bond motifs is 6. The van der Waals surface area contributed by atoms with Crippen molar-refractivity contribution < 1.29 is 4.42 Å². The monoisotopic (exact) mass is 731 g/mol. The SMILES string of the molecule is C1=Cc2ccccc2C(c2cc3c(oc4cccc(-c5cccc(C6=CCC(c7nc(-c8ccccc8)nc(-c8ccccc8)n7)C=C6)c5)c43)c3ccccc23)C1. The molecule has 270 valence electrons. The molecule has 0 N–H and O–H groups in total. The molecule has 4 heteroatoms. The maximum Gasteiger partial charge on any atom is 0.163 e. The molecule has 0 saturated heterocycles. The summed E-state index contributed by atoms with van der Waals surface area (Å²) < 4.78 is 6.76. The smallest absolute Gasteiger partial charge is 0.163 e. The minimum atomic E-state index is 0.0338. The van der Waals surface area contributed by atoms with Crippen molar-refractivity contribution in [3.63, 3.8) is 0 Å². The molecular formula is C53H37N3O. The fraction of sp³-hybridized carbons (Fsp3) is 0.0755. The van der Waals surface area contributed by atoms with Crippen LogP contribution in [-0.2, 0) is 0 Å². The Kier molecular flexibility index (Phi) is 8.06. The van der Waals surface area contributed by atoms with Gasteiger partial charge in [0, 0.05) is 39.1 Å². The van der Waals surface area contributed by atoms with Gasteiger partial charge in [-0.15, -0.1) is 0 Å². The summed E-state index contributed by atoms with van der Waals surface area (Å²) in [5.74, 6) is 2.46. The molecule has 7 aromatic carbocycles. The minimum Gasteiger partial charge on any atom is -0.455 e. The Balaban J connectivity index is 0.966. The van der Waals surface area contributed by atoms with E-state index >= 15 is 0 Å². The largest absolute Gasteiger partial charge is 0.455 e. The molecule has 9 aromatic rings. The average molecular weight is 732 g/mol. The highest BCUT2D eigenvalue weighted by atomic mass is 16.3. The van der Waals surface area contributed by atoms with Gasteiger partial charge in [-0.2, -0.15) is 0 Å². The van der Waals surface area contributed by atoms with Gasteiger partial charge in [-0.25, -0.2) is 15.0 Å². The highest BCUT2D eigenvalue weighted by Crippen LogP contribution is 2.45. The summed E-state index contributed by atoms with van der Waals surface area (Å²) in [6.45, 7) is 0. The Morgan fingerprint density at radius 2 is 1.19 bits per heavy atom. The molecule has 11 rings (SSSR count). The highest BCUT2D eigenvalue weighted by Gasteiger charge is 2.25. The molecule has 0 aliphatic heterocycles. The van der Waals surface area contributed by atoms with E-state index in [0.29, 0.717) is 11.6 Å². The van der Waals surface area contributed by atoms with E-state index in [0.717, 1.165) is 62.7 Å². The lowest BCUT2D eigenvalue weighted by Gasteiger charge is -2.24. The van der Waals surface area contributed by atoms with Crippen LogP contribution in [-0.4, -0.2) is 15.0 Å². The first-order chi connectivity index (χ1) is 28.2. The van der Waals surface area contributed by atoms with Gasteiger partial charge < -0.3 is 4.42 Å². The molecule has 4 nitrogen and oxygen atoms in total. The van der Waals surface area contributed by atoms with E-state index in [2.05, 4.69) is 152 Å². The summed E-state index contributed by atoms with van der Waals surface area (Å²) in [6, 6.07) is 55.7. The van der Waals surface area contributed by atoms with Crippen molar-refractivity contribution in [1.29, 1.82) is 0 Å². The van der Waals surface area contributed by atoms with E-state index in [9.17, 15) is 0 Å². The predicted octanol–water partition coefficient (Wildman–Crippen LogP) is 13.6. The summed E-state index contributed by atoms with van der Waals surface area (Å²) >= 11 is 0. The van der Waals surface area contributed by atoms with Gasteiger partial charge in [0.05, 0.1) is 0 Å². The van der Waals surface area contributed by atoms with Crippen LogP contribution < -0.4 is 0 Å².